The van der Waals surface area contributed by atoms with Crippen LogP contribution in [0.3, 0.4) is 0 Å². The van der Waals surface area contributed by atoms with E-state index in [0.29, 0.717) is 12.5 Å². The van der Waals surface area contributed by atoms with Crippen LogP contribution in [0.15, 0.2) is 91.1 Å². The zero-order valence-electron chi connectivity index (χ0n) is 21.5. The number of para-hydroxylation sites is 1. The van der Waals surface area contributed by atoms with Crippen LogP contribution in [0.1, 0.15) is 43.4 Å². The van der Waals surface area contributed by atoms with E-state index in [1.54, 1.807) is 0 Å². The molecule has 37 heavy (non-hydrogen) atoms. The van der Waals surface area contributed by atoms with Gasteiger partial charge in [-0.3, -0.25) is 14.7 Å². The minimum absolute atomic E-state index is 0.0513. The number of benzene rings is 3. The van der Waals surface area contributed by atoms with E-state index in [0.717, 1.165) is 47.8 Å². The molecule has 0 spiro atoms. The van der Waals surface area contributed by atoms with Crippen molar-refractivity contribution >= 4 is 16.8 Å². The number of hydrogen-bond donors (Lipinski definition) is 1. The SMILES string of the molecule is CCC1CN2CCC1CC2C(NC(=O)Cc1ccc(-c2ccccc2)cc1)c1ccnc2ccccc12. The molecule has 1 aromatic heterocycles. The van der Waals surface area contributed by atoms with E-state index >= 15 is 0 Å². The molecule has 0 saturated carbocycles. The zero-order valence-corrected chi connectivity index (χ0v) is 21.5. The predicted molar refractivity (Wildman–Crippen MR) is 150 cm³/mol. The smallest absolute Gasteiger partial charge is 0.224 e. The van der Waals surface area contributed by atoms with Crippen molar-refractivity contribution in [1.29, 1.82) is 0 Å². The number of rotatable bonds is 7. The number of pyridine rings is 1. The average molecular weight is 490 g/mol. The van der Waals surface area contributed by atoms with Gasteiger partial charge in [0.25, 0.3) is 0 Å². The molecule has 3 fully saturated rings. The molecule has 4 heterocycles. The van der Waals surface area contributed by atoms with Gasteiger partial charge in [0.2, 0.25) is 5.91 Å². The Morgan fingerprint density at radius 1 is 0.973 bits per heavy atom. The Balaban J connectivity index is 1.26. The Morgan fingerprint density at radius 2 is 1.73 bits per heavy atom. The summed E-state index contributed by atoms with van der Waals surface area (Å²) in [5.41, 5.74) is 5.56. The lowest BCUT2D eigenvalue weighted by atomic mass is 9.72. The highest BCUT2D eigenvalue weighted by molar-refractivity contribution is 5.84. The van der Waals surface area contributed by atoms with Gasteiger partial charge in [-0.25, -0.2) is 0 Å². The number of aromatic nitrogens is 1. The van der Waals surface area contributed by atoms with Crippen molar-refractivity contribution in [1.82, 2.24) is 15.2 Å². The van der Waals surface area contributed by atoms with Crippen LogP contribution in [0.4, 0.5) is 0 Å². The second-order valence-corrected chi connectivity index (χ2v) is 10.7. The summed E-state index contributed by atoms with van der Waals surface area (Å²) in [6.07, 6.45) is 5.93. The third-order valence-corrected chi connectivity index (χ3v) is 8.61. The lowest BCUT2D eigenvalue weighted by molar-refractivity contribution is -0.122. The van der Waals surface area contributed by atoms with Crippen molar-refractivity contribution < 1.29 is 4.79 Å². The standard InChI is InChI=1S/C33H35N3O/c1-2-24-22-36-19-17-27(24)21-31(36)33(29-16-18-34-30-11-7-6-10-28(29)30)35-32(37)20-23-12-14-26(15-13-23)25-8-4-3-5-9-25/h3-16,18,24,27,31,33H,2,17,19-22H2,1H3,(H,35,37). The third kappa shape index (κ3) is 4.91. The van der Waals surface area contributed by atoms with Crippen LogP contribution in [0, 0.1) is 11.8 Å². The fourth-order valence-electron chi connectivity index (χ4n) is 6.61. The van der Waals surface area contributed by atoms with Gasteiger partial charge in [-0.1, -0.05) is 86.1 Å². The predicted octanol–water partition coefficient (Wildman–Crippen LogP) is 6.42. The second-order valence-electron chi connectivity index (χ2n) is 10.7. The maximum Gasteiger partial charge on any atom is 0.224 e. The van der Waals surface area contributed by atoms with Crippen LogP contribution < -0.4 is 5.32 Å². The van der Waals surface area contributed by atoms with Gasteiger partial charge < -0.3 is 5.32 Å². The van der Waals surface area contributed by atoms with Crippen LogP contribution in [0.25, 0.3) is 22.0 Å². The van der Waals surface area contributed by atoms with Crippen LogP contribution in [-0.4, -0.2) is 34.9 Å². The summed E-state index contributed by atoms with van der Waals surface area (Å²) in [7, 11) is 0. The highest BCUT2D eigenvalue weighted by Crippen LogP contribution is 2.42. The second kappa shape index (κ2) is 10.5. The van der Waals surface area contributed by atoms with E-state index in [1.807, 2.05) is 18.3 Å². The molecule has 7 rings (SSSR count). The van der Waals surface area contributed by atoms with Gasteiger partial charge in [0, 0.05) is 24.2 Å². The van der Waals surface area contributed by atoms with E-state index in [1.165, 1.54) is 29.5 Å². The summed E-state index contributed by atoms with van der Waals surface area (Å²) >= 11 is 0. The Labute approximate surface area is 219 Å². The maximum atomic E-state index is 13.5. The summed E-state index contributed by atoms with van der Waals surface area (Å²) in [4.78, 5) is 20.7. The highest BCUT2D eigenvalue weighted by Gasteiger charge is 2.43. The van der Waals surface area contributed by atoms with Gasteiger partial charge in [-0.2, -0.15) is 0 Å². The number of piperidine rings is 3. The third-order valence-electron chi connectivity index (χ3n) is 8.61. The first-order valence-corrected chi connectivity index (χ1v) is 13.7. The summed E-state index contributed by atoms with van der Waals surface area (Å²) in [6.45, 7) is 4.59. The molecule has 4 nitrogen and oxygen atoms in total. The summed E-state index contributed by atoms with van der Waals surface area (Å²) < 4.78 is 0. The molecule has 3 aliphatic rings. The number of hydrogen-bond acceptors (Lipinski definition) is 3. The Hall–Kier alpha value is -3.50. The molecule has 1 N–H and O–H groups in total. The van der Waals surface area contributed by atoms with Crippen molar-refractivity contribution in [2.45, 2.75) is 44.7 Å². The van der Waals surface area contributed by atoms with Gasteiger partial charge in [-0.05, 0) is 65.6 Å². The van der Waals surface area contributed by atoms with E-state index in [4.69, 9.17) is 0 Å². The number of fused-ring (bicyclic) bond motifs is 4. The molecule has 5 atom stereocenters. The van der Waals surface area contributed by atoms with E-state index in [9.17, 15) is 4.79 Å². The molecule has 3 aromatic carbocycles. The first-order chi connectivity index (χ1) is 18.2. The Morgan fingerprint density at radius 3 is 2.49 bits per heavy atom. The fraction of sp³-hybridized carbons (Fsp3) is 0.333. The van der Waals surface area contributed by atoms with Crippen LogP contribution in [-0.2, 0) is 11.2 Å². The molecule has 1 amide bonds. The molecule has 0 aliphatic carbocycles. The van der Waals surface area contributed by atoms with Crippen LogP contribution >= 0.6 is 0 Å². The Bertz CT molecular complexity index is 1360. The van der Waals surface area contributed by atoms with Crippen LogP contribution in [0.5, 0.6) is 0 Å². The molecule has 3 saturated heterocycles. The lowest BCUT2D eigenvalue weighted by Gasteiger charge is -2.52. The molecular formula is C33H35N3O. The van der Waals surface area contributed by atoms with Gasteiger partial charge >= 0.3 is 0 Å². The summed E-state index contributed by atoms with van der Waals surface area (Å²) in [6, 6.07) is 29.4. The molecule has 3 aliphatic heterocycles. The number of carbonyl (C=O) groups is 1. The largest absolute Gasteiger partial charge is 0.347 e. The minimum atomic E-state index is -0.0513. The number of nitrogens with one attached hydrogen (secondary N) is 1. The summed E-state index contributed by atoms with van der Waals surface area (Å²) in [5, 5.41) is 4.64. The van der Waals surface area contributed by atoms with Gasteiger partial charge in [0.05, 0.1) is 18.0 Å². The summed E-state index contributed by atoms with van der Waals surface area (Å²) in [5.74, 6) is 1.60. The van der Waals surface area contributed by atoms with Crippen molar-refractivity contribution in [2.75, 3.05) is 13.1 Å². The normalized spacial score (nSPS) is 23.6. The quantitative estimate of drug-likeness (QED) is 0.326. The molecule has 2 bridgehead atoms. The van der Waals surface area contributed by atoms with E-state index in [2.05, 4.69) is 94.9 Å². The van der Waals surface area contributed by atoms with Gasteiger partial charge in [0.1, 0.15) is 0 Å². The molecule has 5 unspecified atom stereocenters. The van der Waals surface area contributed by atoms with Crippen molar-refractivity contribution in [2.24, 2.45) is 11.8 Å². The van der Waals surface area contributed by atoms with E-state index in [-0.39, 0.29) is 11.9 Å². The fourth-order valence-corrected chi connectivity index (χ4v) is 6.61. The molecular weight excluding hydrogens is 454 g/mol. The first kappa shape index (κ1) is 23.9. The average Bonchev–Trinajstić information content (AvgIpc) is 2.96. The minimum Gasteiger partial charge on any atom is -0.347 e. The van der Waals surface area contributed by atoms with Crippen LogP contribution in [0.2, 0.25) is 0 Å². The van der Waals surface area contributed by atoms with Gasteiger partial charge in [-0.15, -0.1) is 0 Å². The zero-order chi connectivity index (χ0) is 25.2. The van der Waals surface area contributed by atoms with Crippen molar-refractivity contribution in [3.63, 3.8) is 0 Å². The molecule has 4 aromatic rings. The maximum absolute atomic E-state index is 13.5. The molecule has 188 valence electrons. The van der Waals surface area contributed by atoms with Crippen molar-refractivity contribution in [3.05, 3.63) is 102 Å². The monoisotopic (exact) mass is 489 g/mol. The topological polar surface area (TPSA) is 45.2 Å². The number of amides is 1. The first-order valence-electron chi connectivity index (χ1n) is 13.7. The Kier molecular flexibility index (Phi) is 6.75. The molecule has 0 radical (unpaired) electrons. The highest BCUT2D eigenvalue weighted by atomic mass is 16.1. The molecule has 4 heteroatoms. The van der Waals surface area contributed by atoms with Crippen molar-refractivity contribution in [3.8, 4) is 11.1 Å². The number of carbonyl (C=O) groups excluding carboxylic acids is 1. The van der Waals surface area contributed by atoms with Gasteiger partial charge in [0.15, 0.2) is 0 Å². The van der Waals surface area contributed by atoms with E-state index < -0.39 is 0 Å². The lowest BCUT2D eigenvalue weighted by Crippen LogP contribution is -2.57. The number of nitrogens with zero attached hydrogens (tertiary/aromatic N) is 2.